The predicted molar refractivity (Wildman–Crippen MR) is 124 cm³/mol. The Morgan fingerprint density at radius 1 is 1.26 bits per heavy atom. The van der Waals surface area contributed by atoms with Gasteiger partial charge in [-0.25, -0.2) is 14.4 Å². The zero-order valence-corrected chi connectivity index (χ0v) is 20.8. The maximum Gasteiger partial charge on any atom is 0.339 e. The number of amides is 1. The van der Waals surface area contributed by atoms with Crippen molar-refractivity contribution in [2.24, 2.45) is 0 Å². The van der Waals surface area contributed by atoms with Gasteiger partial charge in [0.25, 0.3) is 5.91 Å². The maximum absolute atomic E-state index is 13.0. The summed E-state index contributed by atoms with van der Waals surface area (Å²) in [7, 11) is 2.59. The number of fused-ring (bicyclic) bond motifs is 1. The number of aromatic hydroxyl groups is 1. The molecule has 1 aliphatic rings. The maximum atomic E-state index is 13.0. The third-order valence-corrected chi connectivity index (χ3v) is 5.78. The number of esters is 3. The number of ether oxygens (including phenoxy) is 4. The van der Waals surface area contributed by atoms with Crippen LogP contribution in [-0.2, 0) is 34.3 Å². The Bertz CT molecular complexity index is 1010. The first-order chi connectivity index (χ1) is 15.9. The van der Waals surface area contributed by atoms with Crippen LogP contribution in [0.3, 0.4) is 0 Å². The zero-order valence-electron chi connectivity index (χ0n) is 20.0. The third kappa shape index (κ3) is 6.89. The Kier molecular flexibility index (Phi) is 8.97. The summed E-state index contributed by atoms with van der Waals surface area (Å²) in [5.41, 5.74) is -0.238. The molecule has 34 heavy (non-hydrogen) atoms. The van der Waals surface area contributed by atoms with Crippen LogP contribution < -0.4 is 10.1 Å². The fourth-order valence-electron chi connectivity index (χ4n) is 3.13. The van der Waals surface area contributed by atoms with Crippen LogP contribution in [0.25, 0.3) is 0 Å². The highest BCUT2D eigenvalue weighted by molar-refractivity contribution is 7.98. The van der Waals surface area contributed by atoms with Gasteiger partial charge in [-0.15, -0.1) is 0 Å². The summed E-state index contributed by atoms with van der Waals surface area (Å²) in [5, 5.41) is 13.0. The molecule has 1 amide bonds. The van der Waals surface area contributed by atoms with Crippen molar-refractivity contribution in [2.45, 2.75) is 45.1 Å². The van der Waals surface area contributed by atoms with Crippen LogP contribution in [-0.4, -0.2) is 67.1 Å². The molecule has 0 fully saturated rings. The fraction of sp³-hybridized carbons (Fsp3) is 0.478. The molecule has 1 aromatic carbocycles. The van der Waals surface area contributed by atoms with E-state index < -0.39 is 42.1 Å². The first-order valence-corrected chi connectivity index (χ1v) is 11.5. The second-order valence-electron chi connectivity index (χ2n) is 8.42. The topological polar surface area (TPSA) is 137 Å². The molecule has 186 valence electrons. The van der Waals surface area contributed by atoms with Gasteiger partial charge in [-0.3, -0.25) is 4.79 Å². The van der Waals surface area contributed by atoms with Crippen molar-refractivity contribution < 1.29 is 43.2 Å². The zero-order chi connectivity index (χ0) is 25.6. The number of carbonyl (C=O) groups excluding carboxylic acids is 4. The van der Waals surface area contributed by atoms with Crippen molar-refractivity contribution in [3.63, 3.8) is 0 Å². The molecular formula is C23H29NO9S. The van der Waals surface area contributed by atoms with Crippen LogP contribution in [0.15, 0.2) is 17.7 Å². The van der Waals surface area contributed by atoms with Crippen LogP contribution in [0.4, 0.5) is 0 Å². The molecule has 2 N–H and O–H groups in total. The van der Waals surface area contributed by atoms with Crippen LogP contribution in [0, 0.1) is 6.92 Å². The van der Waals surface area contributed by atoms with Gasteiger partial charge in [0.05, 0.1) is 25.4 Å². The number of phenols is 1. The molecule has 1 aromatic rings. The second kappa shape index (κ2) is 11.3. The molecule has 0 unspecified atom stereocenters. The summed E-state index contributed by atoms with van der Waals surface area (Å²) in [6, 6.07) is 0.339. The minimum Gasteiger partial charge on any atom is -0.507 e. The fourth-order valence-corrected chi connectivity index (χ4v) is 4.20. The van der Waals surface area contributed by atoms with Crippen molar-refractivity contribution in [1.29, 1.82) is 0 Å². The number of rotatable bonds is 3. The van der Waals surface area contributed by atoms with Gasteiger partial charge in [0.2, 0.25) is 0 Å². The van der Waals surface area contributed by atoms with Crippen molar-refractivity contribution in [1.82, 2.24) is 5.32 Å². The van der Waals surface area contributed by atoms with E-state index in [0.29, 0.717) is 11.1 Å². The smallest absolute Gasteiger partial charge is 0.339 e. The molecule has 1 heterocycles. The molecule has 1 aliphatic heterocycles. The Morgan fingerprint density at radius 2 is 1.94 bits per heavy atom. The summed E-state index contributed by atoms with van der Waals surface area (Å²) in [6.07, 6.45) is 0.915. The molecule has 0 spiro atoms. The first-order valence-electron chi connectivity index (χ1n) is 10.3. The quantitative estimate of drug-likeness (QED) is 0.364. The molecule has 10 nitrogen and oxygen atoms in total. The summed E-state index contributed by atoms with van der Waals surface area (Å²) in [4.78, 5) is 50.4. The van der Waals surface area contributed by atoms with Crippen molar-refractivity contribution in [2.75, 3.05) is 26.6 Å². The average molecular weight is 496 g/mol. The lowest BCUT2D eigenvalue weighted by molar-refractivity contribution is -0.148. The van der Waals surface area contributed by atoms with Gasteiger partial charge in [-0.1, -0.05) is 0 Å². The molecular weight excluding hydrogens is 466 g/mol. The summed E-state index contributed by atoms with van der Waals surface area (Å²) >= 11 is 1.19. The van der Waals surface area contributed by atoms with E-state index >= 15 is 0 Å². The standard InChI is InChI=1S/C23H29NO9S/c1-12-17(30-5)8-16(25)14-10-34-11-15(21(28)31-6)24-20(27)13(9-32-22(29)19(12)14)7-18(26)33-23(2,3)4/h7-8,15,25H,9-11H2,1-6H3,(H,24,27)/b13-7-/t15-/m0/s1. The van der Waals surface area contributed by atoms with Gasteiger partial charge in [-0.2, -0.15) is 11.8 Å². The molecule has 0 bridgehead atoms. The van der Waals surface area contributed by atoms with E-state index in [4.69, 9.17) is 18.9 Å². The Hall–Kier alpha value is -3.21. The Morgan fingerprint density at radius 3 is 2.53 bits per heavy atom. The number of cyclic esters (lactones) is 1. The number of phenolic OH excluding ortho intramolecular Hbond substituents is 1. The van der Waals surface area contributed by atoms with E-state index in [2.05, 4.69) is 5.32 Å². The first kappa shape index (κ1) is 27.0. The monoisotopic (exact) mass is 495 g/mol. The highest BCUT2D eigenvalue weighted by atomic mass is 32.2. The van der Waals surface area contributed by atoms with Gasteiger partial charge in [0.1, 0.15) is 29.7 Å². The van der Waals surface area contributed by atoms with E-state index in [9.17, 15) is 24.3 Å². The normalized spacial score (nSPS) is 18.5. The SMILES string of the molecule is COC(=O)[C@@H]1CSCc2c(O)cc(OC)c(C)c2C(=O)OC/C(=C/C(=O)OC(C)(C)C)C(=O)N1. The van der Waals surface area contributed by atoms with Crippen molar-refractivity contribution >= 4 is 35.6 Å². The van der Waals surface area contributed by atoms with E-state index in [1.807, 2.05) is 0 Å². The summed E-state index contributed by atoms with van der Waals surface area (Å²) in [6.45, 7) is 6.04. The van der Waals surface area contributed by atoms with Gasteiger partial charge >= 0.3 is 17.9 Å². The van der Waals surface area contributed by atoms with Crippen LogP contribution in [0.1, 0.15) is 42.3 Å². The van der Waals surface area contributed by atoms with Gasteiger partial charge in [-0.05, 0) is 27.7 Å². The van der Waals surface area contributed by atoms with E-state index in [-0.39, 0.29) is 34.1 Å². The lowest BCUT2D eigenvalue weighted by atomic mass is 10.0. The predicted octanol–water partition coefficient (Wildman–Crippen LogP) is 2.04. The number of hydrogen-bond acceptors (Lipinski definition) is 10. The van der Waals surface area contributed by atoms with E-state index in [1.54, 1.807) is 27.7 Å². The number of carbonyl (C=O) groups is 4. The van der Waals surface area contributed by atoms with Crippen molar-refractivity contribution in [3.05, 3.63) is 34.4 Å². The van der Waals surface area contributed by atoms with Gasteiger partial charge < -0.3 is 29.4 Å². The molecule has 11 heteroatoms. The van der Waals surface area contributed by atoms with Gasteiger partial charge in [0.15, 0.2) is 0 Å². The number of thioether (sulfide) groups is 1. The number of nitrogens with one attached hydrogen (secondary N) is 1. The number of hydrogen-bond donors (Lipinski definition) is 2. The molecule has 0 saturated heterocycles. The Balaban J connectivity index is 2.53. The van der Waals surface area contributed by atoms with E-state index in [1.165, 1.54) is 32.0 Å². The van der Waals surface area contributed by atoms with Crippen LogP contribution in [0.5, 0.6) is 11.5 Å². The number of methoxy groups -OCH3 is 2. The van der Waals surface area contributed by atoms with Crippen molar-refractivity contribution in [3.8, 4) is 11.5 Å². The van der Waals surface area contributed by atoms with Crippen LogP contribution >= 0.6 is 11.8 Å². The Labute approximate surface area is 202 Å². The minimum atomic E-state index is -1.05. The molecule has 0 radical (unpaired) electrons. The third-order valence-electron chi connectivity index (χ3n) is 4.72. The number of benzene rings is 1. The minimum absolute atomic E-state index is 0.0802. The highest BCUT2D eigenvalue weighted by Crippen LogP contribution is 2.35. The lowest BCUT2D eigenvalue weighted by Crippen LogP contribution is -2.44. The second-order valence-corrected chi connectivity index (χ2v) is 9.45. The molecule has 1 atom stereocenters. The molecule has 0 aliphatic carbocycles. The van der Waals surface area contributed by atoms with Gasteiger partial charge in [0, 0.05) is 34.8 Å². The average Bonchev–Trinajstić information content (AvgIpc) is 2.74. The van der Waals surface area contributed by atoms with E-state index in [0.717, 1.165) is 6.08 Å². The highest BCUT2D eigenvalue weighted by Gasteiger charge is 2.29. The van der Waals surface area contributed by atoms with Crippen LogP contribution in [0.2, 0.25) is 0 Å². The summed E-state index contributed by atoms with van der Waals surface area (Å²) in [5.74, 6) is -2.79. The lowest BCUT2D eigenvalue weighted by Gasteiger charge is -2.21. The molecule has 0 aromatic heterocycles. The summed E-state index contributed by atoms with van der Waals surface area (Å²) < 4.78 is 20.6. The largest absolute Gasteiger partial charge is 0.507 e. The molecule has 2 rings (SSSR count). The molecule has 0 saturated carbocycles.